The zero-order chi connectivity index (χ0) is 18.4. The molecule has 0 bridgehead atoms. The van der Waals surface area contributed by atoms with Crippen molar-refractivity contribution in [1.82, 2.24) is 9.88 Å². The highest BCUT2D eigenvalue weighted by atomic mass is 19.1. The molecule has 0 spiro atoms. The minimum absolute atomic E-state index is 0.00186. The van der Waals surface area contributed by atoms with Gasteiger partial charge in [-0.2, -0.15) is 0 Å². The Balaban J connectivity index is 2.11. The van der Waals surface area contributed by atoms with E-state index >= 15 is 0 Å². The normalized spacial score (nSPS) is 16.0. The summed E-state index contributed by atoms with van der Waals surface area (Å²) in [5.74, 6) is -1.81. The monoisotopic (exact) mass is 357 g/mol. The van der Waals surface area contributed by atoms with Gasteiger partial charge in [-0.15, -0.1) is 0 Å². The van der Waals surface area contributed by atoms with Crippen LogP contribution < -0.4 is 20.4 Å². The molecular formula is C18H16FN3O4. The number of nitrogens with zero attached hydrogens (tertiary/aromatic N) is 2. The maximum atomic E-state index is 14.9. The summed E-state index contributed by atoms with van der Waals surface area (Å²) in [5, 5.41) is 12.2. The highest BCUT2D eigenvalue weighted by molar-refractivity contribution is 5.97. The number of fused-ring (bicyclic) bond motifs is 1. The van der Waals surface area contributed by atoms with E-state index in [1.807, 2.05) is 0 Å². The zero-order valence-corrected chi connectivity index (χ0v) is 13.9. The first-order valence-corrected chi connectivity index (χ1v) is 8.09. The highest BCUT2D eigenvalue weighted by Crippen LogP contribution is 2.43. The maximum absolute atomic E-state index is 14.9. The second kappa shape index (κ2) is 5.91. The van der Waals surface area contributed by atoms with Crippen molar-refractivity contribution >= 4 is 22.6 Å². The molecule has 7 nitrogen and oxygen atoms in total. The van der Waals surface area contributed by atoms with Gasteiger partial charge in [0, 0.05) is 37.0 Å². The number of hydrogen-bond acceptors (Lipinski definition) is 5. The zero-order valence-electron chi connectivity index (χ0n) is 13.9. The van der Waals surface area contributed by atoms with Crippen LogP contribution in [0, 0.1) is 5.82 Å². The summed E-state index contributed by atoms with van der Waals surface area (Å²) < 4.78 is 22.1. The summed E-state index contributed by atoms with van der Waals surface area (Å²) in [6.45, 7) is 0. The fraction of sp³-hybridized carbons (Fsp3) is 0.222. The molecule has 1 aromatic carbocycles. The van der Waals surface area contributed by atoms with Crippen molar-refractivity contribution in [2.45, 2.75) is 18.9 Å². The van der Waals surface area contributed by atoms with E-state index in [1.165, 1.54) is 18.2 Å². The van der Waals surface area contributed by atoms with Gasteiger partial charge in [-0.1, -0.05) is 0 Å². The number of ether oxygens (including phenoxy) is 1. The number of hydrogen-bond donors (Lipinski definition) is 2. The Kier molecular flexibility index (Phi) is 3.68. The van der Waals surface area contributed by atoms with Crippen LogP contribution in [0.2, 0.25) is 0 Å². The molecule has 2 aliphatic rings. The van der Waals surface area contributed by atoms with E-state index in [2.05, 4.69) is 5.32 Å². The Morgan fingerprint density at radius 3 is 2.62 bits per heavy atom. The first-order valence-electron chi connectivity index (χ1n) is 8.09. The molecular weight excluding hydrogens is 341 g/mol. The SMILES string of the molecule is COc1c(N2C=CNC=C2)c(F)cc2c(=O)c(C(=O)O)cn(C3CC3)c12. The minimum atomic E-state index is -1.33. The summed E-state index contributed by atoms with van der Waals surface area (Å²) >= 11 is 0. The number of carbonyl (C=O) groups is 1. The Labute approximate surface area is 147 Å². The number of nitrogens with one attached hydrogen (secondary N) is 1. The third kappa shape index (κ3) is 2.42. The molecule has 0 radical (unpaired) electrons. The van der Waals surface area contributed by atoms with E-state index in [9.17, 15) is 19.1 Å². The van der Waals surface area contributed by atoms with Crippen LogP contribution in [-0.4, -0.2) is 22.8 Å². The Hall–Kier alpha value is -3.29. The second-order valence-corrected chi connectivity index (χ2v) is 6.16. The third-order valence-corrected chi connectivity index (χ3v) is 4.49. The number of anilines is 1. The van der Waals surface area contributed by atoms with Crippen LogP contribution in [0.25, 0.3) is 10.9 Å². The summed E-state index contributed by atoms with van der Waals surface area (Å²) in [6, 6.07) is 1.15. The van der Waals surface area contributed by atoms with Crippen LogP contribution in [0.15, 0.2) is 41.9 Å². The molecule has 134 valence electrons. The molecule has 2 heterocycles. The Morgan fingerprint density at radius 1 is 1.35 bits per heavy atom. The summed E-state index contributed by atoms with van der Waals surface area (Å²) in [7, 11) is 1.40. The lowest BCUT2D eigenvalue weighted by molar-refractivity contribution is 0.0695. The highest BCUT2D eigenvalue weighted by Gasteiger charge is 2.30. The quantitative estimate of drug-likeness (QED) is 0.875. The number of carboxylic acids is 1. The molecule has 2 aromatic rings. The van der Waals surface area contributed by atoms with E-state index in [0.717, 1.165) is 18.9 Å². The minimum Gasteiger partial charge on any atom is -0.492 e. The molecule has 8 heteroatoms. The number of aromatic carboxylic acids is 1. The average molecular weight is 357 g/mol. The first-order chi connectivity index (χ1) is 12.5. The fourth-order valence-electron chi connectivity index (χ4n) is 3.17. The molecule has 0 saturated heterocycles. The summed E-state index contributed by atoms with van der Waals surface area (Å²) in [6.07, 6.45) is 9.56. The van der Waals surface area contributed by atoms with Crippen LogP contribution in [0.1, 0.15) is 29.2 Å². The lowest BCUT2D eigenvalue weighted by Gasteiger charge is -2.24. The van der Waals surface area contributed by atoms with Crippen LogP contribution in [0.5, 0.6) is 5.75 Å². The van der Waals surface area contributed by atoms with Crippen molar-refractivity contribution in [1.29, 1.82) is 0 Å². The number of aromatic nitrogens is 1. The average Bonchev–Trinajstić information content (AvgIpc) is 3.47. The van der Waals surface area contributed by atoms with Gasteiger partial charge < -0.3 is 24.6 Å². The molecule has 1 aromatic heterocycles. The molecule has 1 saturated carbocycles. The number of methoxy groups -OCH3 is 1. The van der Waals surface area contributed by atoms with Crippen LogP contribution in [-0.2, 0) is 0 Å². The lowest BCUT2D eigenvalue weighted by Crippen LogP contribution is -2.21. The van der Waals surface area contributed by atoms with Crippen molar-refractivity contribution in [3.63, 3.8) is 0 Å². The topological polar surface area (TPSA) is 83.8 Å². The van der Waals surface area contributed by atoms with Crippen LogP contribution in [0.4, 0.5) is 10.1 Å². The van der Waals surface area contributed by atoms with Gasteiger partial charge in [0.1, 0.15) is 11.3 Å². The lowest BCUT2D eigenvalue weighted by atomic mass is 10.1. The fourth-order valence-corrected chi connectivity index (χ4v) is 3.17. The molecule has 26 heavy (non-hydrogen) atoms. The molecule has 2 N–H and O–H groups in total. The van der Waals surface area contributed by atoms with E-state index in [1.54, 1.807) is 29.4 Å². The van der Waals surface area contributed by atoms with Gasteiger partial charge in [0.05, 0.1) is 18.0 Å². The van der Waals surface area contributed by atoms with Crippen molar-refractivity contribution < 1.29 is 19.0 Å². The molecule has 1 aliphatic heterocycles. The van der Waals surface area contributed by atoms with Crippen molar-refractivity contribution in [3.8, 4) is 5.75 Å². The van der Waals surface area contributed by atoms with Crippen molar-refractivity contribution in [2.24, 2.45) is 0 Å². The van der Waals surface area contributed by atoms with Crippen molar-refractivity contribution in [2.75, 3.05) is 12.0 Å². The molecule has 0 unspecified atom stereocenters. The summed E-state index contributed by atoms with van der Waals surface area (Å²) in [5.41, 5.74) is -0.535. The number of carboxylic acid groups (broad SMARTS) is 1. The molecule has 1 fully saturated rings. The molecule has 4 rings (SSSR count). The van der Waals surface area contributed by atoms with Crippen LogP contribution >= 0.6 is 0 Å². The number of pyridine rings is 1. The van der Waals surface area contributed by atoms with Gasteiger partial charge >= 0.3 is 5.97 Å². The molecule has 0 atom stereocenters. The maximum Gasteiger partial charge on any atom is 0.341 e. The Morgan fingerprint density at radius 2 is 2.04 bits per heavy atom. The predicted octanol–water partition coefficient (Wildman–Crippen LogP) is 2.53. The predicted molar refractivity (Wildman–Crippen MR) is 93.8 cm³/mol. The van der Waals surface area contributed by atoms with E-state index < -0.39 is 17.2 Å². The van der Waals surface area contributed by atoms with Gasteiger partial charge in [0.25, 0.3) is 0 Å². The van der Waals surface area contributed by atoms with Gasteiger partial charge in [0.2, 0.25) is 5.43 Å². The molecule has 1 aliphatic carbocycles. The van der Waals surface area contributed by atoms with Gasteiger partial charge in [0.15, 0.2) is 11.6 Å². The first kappa shape index (κ1) is 16.2. The standard InChI is InChI=1S/C18H16FN3O4/c1-26-17-14-11(8-13(19)15(17)21-6-4-20-5-7-21)16(23)12(18(24)25)9-22(14)10-2-3-10/h4-10,20H,2-3H2,1H3,(H,24,25). The number of benzene rings is 1. The largest absolute Gasteiger partial charge is 0.492 e. The van der Waals surface area contributed by atoms with Crippen molar-refractivity contribution in [3.05, 3.63) is 58.7 Å². The molecule has 0 amide bonds. The van der Waals surface area contributed by atoms with E-state index in [0.29, 0.717) is 5.52 Å². The number of rotatable bonds is 4. The third-order valence-electron chi connectivity index (χ3n) is 4.49. The smallest absolute Gasteiger partial charge is 0.341 e. The van der Waals surface area contributed by atoms with Gasteiger partial charge in [-0.05, 0) is 18.9 Å². The summed E-state index contributed by atoms with van der Waals surface area (Å²) in [4.78, 5) is 25.6. The van der Waals surface area contributed by atoms with Gasteiger partial charge in [-0.25, -0.2) is 9.18 Å². The van der Waals surface area contributed by atoms with E-state index in [-0.39, 0.29) is 28.4 Å². The Bertz CT molecular complexity index is 1030. The second-order valence-electron chi connectivity index (χ2n) is 6.16. The van der Waals surface area contributed by atoms with Gasteiger partial charge in [-0.3, -0.25) is 4.79 Å². The number of halogens is 1. The van der Waals surface area contributed by atoms with E-state index in [4.69, 9.17) is 4.74 Å². The van der Waals surface area contributed by atoms with Crippen LogP contribution in [0.3, 0.4) is 0 Å².